The van der Waals surface area contributed by atoms with Crippen molar-refractivity contribution < 1.29 is 19.5 Å². The van der Waals surface area contributed by atoms with Gasteiger partial charge in [0.2, 0.25) is 5.91 Å². The van der Waals surface area contributed by atoms with Crippen LogP contribution in [0, 0.1) is 11.3 Å². The van der Waals surface area contributed by atoms with Gasteiger partial charge in [-0.2, -0.15) is 0 Å². The fraction of sp³-hybridized carbons (Fsp3) is 0.769. The fourth-order valence-corrected chi connectivity index (χ4v) is 1.97. The number of urea groups is 1. The van der Waals surface area contributed by atoms with Gasteiger partial charge in [0, 0.05) is 12.5 Å². The Kier molecular flexibility index (Phi) is 4.91. The monoisotopic (exact) mass is 270 g/mol. The summed E-state index contributed by atoms with van der Waals surface area (Å²) in [4.78, 5) is 33.9. The Labute approximate surface area is 112 Å². The quantitative estimate of drug-likeness (QED) is 0.681. The van der Waals surface area contributed by atoms with Crippen LogP contribution < -0.4 is 10.6 Å². The smallest absolute Gasteiger partial charge is 0.321 e. The third kappa shape index (κ3) is 4.89. The molecule has 1 aliphatic rings. The number of hydrogen-bond donors (Lipinski definition) is 3. The zero-order chi connectivity index (χ0) is 14.6. The summed E-state index contributed by atoms with van der Waals surface area (Å²) in [5.41, 5.74) is -1.17. The molecule has 3 N–H and O–H groups in total. The van der Waals surface area contributed by atoms with Crippen molar-refractivity contribution >= 4 is 17.9 Å². The molecule has 0 heterocycles. The van der Waals surface area contributed by atoms with Crippen molar-refractivity contribution in [2.75, 3.05) is 0 Å². The average molecular weight is 270 g/mol. The van der Waals surface area contributed by atoms with Crippen LogP contribution in [0.2, 0.25) is 0 Å². The van der Waals surface area contributed by atoms with Crippen LogP contribution in [0.15, 0.2) is 0 Å². The molecular formula is C13H22N2O4. The van der Waals surface area contributed by atoms with E-state index in [4.69, 9.17) is 5.11 Å². The Morgan fingerprint density at radius 1 is 1.32 bits per heavy atom. The first kappa shape index (κ1) is 15.5. The van der Waals surface area contributed by atoms with Gasteiger partial charge in [0.25, 0.3) is 0 Å². The summed E-state index contributed by atoms with van der Waals surface area (Å²) in [6, 6.07) is -0.380. The van der Waals surface area contributed by atoms with Gasteiger partial charge in [-0.15, -0.1) is 0 Å². The Morgan fingerprint density at radius 3 is 2.47 bits per heavy atom. The standard InChI is InChI=1S/C13H22N2O4/c1-4-5-8-6-9(8)14-12(19)15-10(16)7-13(2,3)11(17)18/h8-9H,4-7H2,1-3H3,(H,17,18)(H2,14,15,16,19). The molecule has 1 fully saturated rings. The Morgan fingerprint density at radius 2 is 1.95 bits per heavy atom. The maximum atomic E-state index is 11.5. The summed E-state index contributed by atoms with van der Waals surface area (Å²) >= 11 is 0. The minimum absolute atomic E-state index is 0.153. The maximum Gasteiger partial charge on any atom is 0.321 e. The van der Waals surface area contributed by atoms with Gasteiger partial charge in [-0.3, -0.25) is 14.9 Å². The minimum atomic E-state index is -1.17. The van der Waals surface area contributed by atoms with Crippen LogP contribution in [-0.2, 0) is 9.59 Å². The van der Waals surface area contributed by atoms with Crippen molar-refractivity contribution in [1.29, 1.82) is 0 Å². The zero-order valence-corrected chi connectivity index (χ0v) is 11.7. The number of rotatable bonds is 6. The van der Waals surface area contributed by atoms with Crippen LogP contribution in [0.4, 0.5) is 4.79 Å². The second kappa shape index (κ2) is 6.04. The molecule has 6 nitrogen and oxygen atoms in total. The van der Waals surface area contributed by atoms with Crippen LogP contribution in [0.5, 0.6) is 0 Å². The van der Waals surface area contributed by atoms with Gasteiger partial charge < -0.3 is 10.4 Å². The summed E-state index contributed by atoms with van der Waals surface area (Å²) < 4.78 is 0. The summed E-state index contributed by atoms with van der Waals surface area (Å²) in [5, 5.41) is 13.8. The highest BCUT2D eigenvalue weighted by Gasteiger charge is 2.37. The molecule has 0 aromatic rings. The molecule has 0 aromatic heterocycles. The lowest BCUT2D eigenvalue weighted by Crippen LogP contribution is -2.43. The van der Waals surface area contributed by atoms with E-state index in [1.807, 2.05) is 0 Å². The van der Waals surface area contributed by atoms with Crippen molar-refractivity contribution in [3.8, 4) is 0 Å². The van der Waals surface area contributed by atoms with Crippen molar-refractivity contribution in [1.82, 2.24) is 10.6 Å². The molecule has 0 aromatic carbocycles. The van der Waals surface area contributed by atoms with Gasteiger partial charge in [0.1, 0.15) is 0 Å². The van der Waals surface area contributed by atoms with Gasteiger partial charge in [0.05, 0.1) is 5.41 Å². The van der Waals surface area contributed by atoms with E-state index in [0.717, 1.165) is 19.3 Å². The first-order chi connectivity index (χ1) is 8.76. The van der Waals surface area contributed by atoms with E-state index < -0.39 is 23.3 Å². The predicted octanol–water partition coefficient (Wildman–Crippen LogP) is 1.50. The number of carbonyl (C=O) groups is 3. The predicted molar refractivity (Wildman–Crippen MR) is 69.5 cm³/mol. The highest BCUT2D eigenvalue weighted by molar-refractivity contribution is 5.96. The molecule has 0 aliphatic heterocycles. The number of aliphatic carboxylic acids is 1. The largest absolute Gasteiger partial charge is 0.481 e. The van der Waals surface area contributed by atoms with Crippen LogP contribution in [0.25, 0.3) is 0 Å². The zero-order valence-electron chi connectivity index (χ0n) is 11.7. The van der Waals surface area contributed by atoms with E-state index in [2.05, 4.69) is 17.6 Å². The third-order valence-electron chi connectivity index (χ3n) is 3.33. The van der Waals surface area contributed by atoms with Crippen molar-refractivity contribution in [2.45, 2.75) is 52.5 Å². The number of hydrogen-bond acceptors (Lipinski definition) is 3. The van der Waals surface area contributed by atoms with Gasteiger partial charge in [0.15, 0.2) is 0 Å². The van der Waals surface area contributed by atoms with E-state index >= 15 is 0 Å². The van der Waals surface area contributed by atoms with Gasteiger partial charge in [-0.05, 0) is 32.6 Å². The number of amides is 3. The SMILES string of the molecule is CCCC1CC1NC(=O)NC(=O)CC(C)(C)C(=O)O. The van der Waals surface area contributed by atoms with E-state index in [-0.39, 0.29) is 12.5 Å². The van der Waals surface area contributed by atoms with E-state index in [1.54, 1.807) is 0 Å². The summed E-state index contributed by atoms with van der Waals surface area (Å²) in [6.07, 6.45) is 2.88. The molecule has 0 radical (unpaired) electrons. The van der Waals surface area contributed by atoms with Crippen LogP contribution in [0.3, 0.4) is 0 Å². The lowest BCUT2D eigenvalue weighted by Gasteiger charge is -2.17. The normalized spacial score (nSPS) is 21.6. The molecule has 1 aliphatic carbocycles. The van der Waals surface area contributed by atoms with Gasteiger partial charge in [-0.1, -0.05) is 13.3 Å². The number of imide groups is 1. The molecular weight excluding hydrogens is 248 g/mol. The number of carboxylic acids is 1. The van der Waals surface area contributed by atoms with Crippen molar-refractivity contribution in [3.05, 3.63) is 0 Å². The summed E-state index contributed by atoms with van der Waals surface area (Å²) in [5.74, 6) is -1.12. The summed E-state index contributed by atoms with van der Waals surface area (Å²) in [7, 11) is 0. The average Bonchev–Trinajstić information content (AvgIpc) is 2.94. The molecule has 0 spiro atoms. The third-order valence-corrected chi connectivity index (χ3v) is 3.33. The second-order valence-electron chi connectivity index (χ2n) is 5.78. The molecule has 1 rings (SSSR count). The molecule has 1 saturated carbocycles. The number of nitrogens with one attached hydrogen (secondary N) is 2. The van der Waals surface area contributed by atoms with E-state index in [9.17, 15) is 14.4 Å². The second-order valence-corrected chi connectivity index (χ2v) is 5.78. The van der Waals surface area contributed by atoms with Gasteiger partial charge in [-0.25, -0.2) is 4.79 Å². The molecule has 3 amide bonds. The minimum Gasteiger partial charge on any atom is -0.481 e. The first-order valence-corrected chi connectivity index (χ1v) is 6.60. The van der Waals surface area contributed by atoms with Crippen LogP contribution >= 0.6 is 0 Å². The topological polar surface area (TPSA) is 95.5 Å². The first-order valence-electron chi connectivity index (χ1n) is 6.60. The number of carbonyl (C=O) groups excluding carboxylic acids is 2. The maximum absolute atomic E-state index is 11.5. The fourth-order valence-electron chi connectivity index (χ4n) is 1.97. The molecule has 6 heteroatoms. The van der Waals surface area contributed by atoms with E-state index in [0.29, 0.717) is 5.92 Å². The van der Waals surface area contributed by atoms with Crippen molar-refractivity contribution in [3.63, 3.8) is 0 Å². The Bertz CT molecular complexity index is 379. The lowest BCUT2D eigenvalue weighted by molar-refractivity contribution is -0.149. The van der Waals surface area contributed by atoms with Crippen LogP contribution in [-0.4, -0.2) is 29.1 Å². The Hall–Kier alpha value is -1.59. The number of carboxylic acid groups (broad SMARTS) is 1. The van der Waals surface area contributed by atoms with E-state index in [1.165, 1.54) is 13.8 Å². The molecule has 19 heavy (non-hydrogen) atoms. The van der Waals surface area contributed by atoms with Crippen LogP contribution in [0.1, 0.15) is 46.5 Å². The molecule has 0 bridgehead atoms. The summed E-state index contributed by atoms with van der Waals surface area (Å²) in [6.45, 7) is 4.99. The van der Waals surface area contributed by atoms with Gasteiger partial charge >= 0.3 is 12.0 Å². The van der Waals surface area contributed by atoms with Crippen molar-refractivity contribution in [2.24, 2.45) is 11.3 Å². The molecule has 108 valence electrons. The highest BCUT2D eigenvalue weighted by atomic mass is 16.4. The molecule has 0 saturated heterocycles. The molecule has 2 unspecified atom stereocenters. The lowest BCUT2D eigenvalue weighted by atomic mass is 9.89. The molecule has 2 atom stereocenters. The highest BCUT2D eigenvalue weighted by Crippen LogP contribution is 2.34. The Balaban J connectivity index is 2.29.